The van der Waals surface area contributed by atoms with Gasteiger partial charge in [0.1, 0.15) is 11.6 Å². The fraction of sp³-hybridized carbons (Fsp3) is 0.0833. The first-order chi connectivity index (χ1) is 14.3. The summed E-state index contributed by atoms with van der Waals surface area (Å²) in [4.78, 5) is 9.50. The first-order valence-electron chi connectivity index (χ1n) is 9.56. The summed E-state index contributed by atoms with van der Waals surface area (Å²) in [7, 11) is 0. The Morgan fingerprint density at radius 3 is 2.59 bits per heavy atom. The number of anilines is 3. The van der Waals surface area contributed by atoms with Gasteiger partial charge in [-0.15, -0.1) is 0 Å². The third-order valence-electron chi connectivity index (χ3n) is 5.14. The van der Waals surface area contributed by atoms with Gasteiger partial charge in [0, 0.05) is 29.8 Å². The topological polar surface area (TPSA) is 49.8 Å². The molecule has 0 bridgehead atoms. The van der Waals surface area contributed by atoms with Crippen molar-refractivity contribution in [3.63, 3.8) is 0 Å². The summed E-state index contributed by atoms with van der Waals surface area (Å²) < 4.78 is 0. The van der Waals surface area contributed by atoms with Crippen LogP contribution in [0.2, 0.25) is 5.02 Å². The molecule has 1 atom stereocenters. The molecular weight excluding hydrogens is 380 g/mol. The molecule has 0 spiro atoms. The van der Waals surface area contributed by atoms with Crippen LogP contribution in [-0.4, -0.2) is 16.5 Å². The molecule has 2 N–H and O–H groups in total. The zero-order valence-corrected chi connectivity index (χ0v) is 16.4. The van der Waals surface area contributed by atoms with E-state index >= 15 is 0 Å². The van der Waals surface area contributed by atoms with Crippen LogP contribution in [-0.2, 0) is 0 Å². The van der Waals surface area contributed by atoms with Crippen molar-refractivity contribution >= 4 is 28.9 Å². The van der Waals surface area contributed by atoms with Crippen molar-refractivity contribution in [2.75, 3.05) is 17.2 Å². The molecule has 5 heteroatoms. The van der Waals surface area contributed by atoms with E-state index in [1.807, 2.05) is 60.8 Å². The van der Waals surface area contributed by atoms with E-state index in [1.54, 1.807) is 0 Å². The van der Waals surface area contributed by atoms with Gasteiger partial charge in [-0.3, -0.25) is 0 Å². The monoisotopic (exact) mass is 398 g/mol. The van der Waals surface area contributed by atoms with Gasteiger partial charge in [0.15, 0.2) is 0 Å². The molecule has 0 amide bonds. The van der Waals surface area contributed by atoms with Crippen LogP contribution in [0.3, 0.4) is 0 Å². The van der Waals surface area contributed by atoms with Gasteiger partial charge < -0.3 is 10.6 Å². The lowest BCUT2D eigenvalue weighted by atomic mass is 9.96. The molecule has 29 heavy (non-hydrogen) atoms. The molecule has 5 rings (SSSR count). The molecule has 142 valence electrons. The average Bonchev–Trinajstić information content (AvgIpc) is 3.19. The van der Waals surface area contributed by atoms with Crippen LogP contribution in [0.5, 0.6) is 0 Å². The molecule has 3 heterocycles. The molecule has 1 aliphatic heterocycles. The minimum atomic E-state index is 0.147. The van der Waals surface area contributed by atoms with Gasteiger partial charge in [-0.05, 0) is 35.9 Å². The second-order valence-corrected chi connectivity index (χ2v) is 7.42. The number of nitrogens with one attached hydrogen (secondary N) is 2. The second kappa shape index (κ2) is 7.57. The Hall–Kier alpha value is -3.37. The third-order valence-corrected chi connectivity index (χ3v) is 5.47. The number of benzene rings is 2. The van der Waals surface area contributed by atoms with Gasteiger partial charge in [0.05, 0.1) is 16.4 Å². The quantitative estimate of drug-likeness (QED) is 0.436. The number of pyridine rings is 2. The van der Waals surface area contributed by atoms with Crippen LogP contribution < -0.4 is 10.6 Å². The normalized spacial score (nSPS) is 14.9. The predicted octanol–water partition coefficient (Wildman–Crippen LogP) is 6.10. The highest BCUT2D eigenvalue weighted by molar-refractivity contribution is 6.33. The maximum absolute atomic E-state index is 6.28. The molecule has 0 aliphatic carbocycles. The number of fused-ring (bicyclic) bond motifs is 1. The fourth-order valence-electron chi connectivity index (χ4n) is 3.67. The van der Waals surface area contributed by atoms with Gasteiger partial charge in [-0.2, -0.15) is 0 Å². The van der Waals surface area contributed by atoms with E-state index in [0.29, 0.717) is 5.02 Å². The first-order valence-corrected chi connectivity index (χ1v) is 9.93. The van der Waals surface area contributed by atoms with Crippen molar-refractivity contribution in [3.05, 3.63) is 101 Å². The van der Waals surface area contributed by atoms with Crippen molar-refractivity contribution in [1.82, 2.24) is 9.97 Å². The minimum Gasteiger partial charge on any atom is -0.369 e. The van der Waals surface area contributed by atoms with Crippen molar-refractivity contribution in [1.29, 1.82) is 0 Å². The Morgan fingerprint density at radius 1 is 0.897 bits per heavy atom. The maximum atomic E-state index is 6.28. The summed E-state index contributed by atoms with van der Waals surface area (Å²) in [5.41, 5.74) is 5.30. The van der Waals surface area contributed by atoms with E-state index in [2.05, 4.69) is 39.9 Å². The Balaban J connectivity index is 1.47. The van der Waals surface area contributed by atoms with Gasteiger partial charge in [0.2, 0.25) is 0 Å². The first kappa shape index (κ1) is 17.7. The van der Waals surface area contributed by atoms with Crippen LogP contribution in [0.1, 0.15) is 17.2 Å². The Morgan fingerprint density at radius 2 is 1.72 bits per heavy atom. The summed E-state index contributed by atoms with van der Waals surface area (Å²) >= 11 is 6.28. The Labute approximate surface area is 174 Å². The summed E-state index contributed by atoms with van der Waals surface area (Å²) in [6, 6.07) is 26.3. The van der Waals surface area contributed by atoms with Gasteiger partial charge in [-0.1, -0.05) is 60.1 Å². The van der Waals surface area contributed by atoms with Crippen LogP contribution in [0, 0.1) is 0 Å². The highest BCUT2D eigenvalue weighted by Crippen LogP contribution is 2.37. The Kier molecular flexibility index (Phi) is 4.62. The SMILES string of the molecule is Clc1ccccc1Nc1cccc(C2CNc3ncc(-c4ccccc4)cc32)n1. The standard InChI is InChI=1S/C24H19ClN4/c25-20-9-4-5-10-22(20)29-23-12-6-11-21(28-23)19-15-27-24-18(19)13-17(14-26-24)16-7-2-1-3-8-16/h1-14,19H,15H2,(H,26,27)(H,28,29). The highest BCUT2D eigenvalue weighted by Gasteiger charge is 2.26. The maximum Gasteiger partial charge on any atom is 0.130 e. The third kappa shape index (κ3) is 3.55. The van der Waals surface area contributed by atoms with Crippen LogP contribution in [0.15, 0.2) is 85.1 Å². The Bertz CT molecular complexity index is 1160. The number of para-hydroxylation sites is 1. The lowest BCUT2D eigenvalue weighted by molar-refractivity contribution is 0.862. The van der Waals surface area contributed by atoms with E-state index in [-0.39, 0.29) is 5.92 Å². The van der Waals surface area contributed by atoms with Crippen LogP contribution >= 0.6 is 11.6 Å². The van der Waals surface area contributed by atoms with E-state index < -0.39 is 0 Å². The summed E-state index contributed by atoms with van der Waals surface area (Å²) in [5.74, 6) is 1.85. The van der Waals surface area contributed by atoms with E-state index in [4.69, 9.17) is 16.6 Å². The average molecular weight is 399 g/mol. The molecule has 0 saturated heterocycles. The number of hydrogen-bond acceptors (Lipinski definition) is 4. The zero-order valence-electron chi connectivity index (χ0n) is 15.6. The number of halogens is 1. The van der Waals surface area contributed by atoms with Crippen LogP contribution in [0.25, 0.3) is 11.1 Å². The van der Waals surface area contributed by atoms with E-state index in [0.717, 1.165) is 40.7 Å². The molecule has 1 aliphatic rings. The minimum absolute atomic E-state index is 0.147. The molecule has 2 aromatic carbocycles. The fourth-order valence-corrected chi connectivity index (χ4v) is 3.85. The van der Waals surface area contributed by atoms with Gasteiger partial charge in [-0.25, -0.2) is 9.97 Å². The molecule has 4 nitrogen and oxygen atoms in total. The second-order valence-electron chi connectivity index (χ2n) is 7.01. The molecule has 4 aromatic rings. The van der Waals surface area contributed by atoms with Crippen molar-refractivity contribution < 1.29 is 0 Å². The predicted molar refractivity (Wildman–Crippen MR) is 119 cm³/mol. The number of hydrogen-bond donors (Lipinski definition) is 2. The van der Waals surface area contributed by atoms with E-state index in [1.165, 1.54) is 5.56 Å². The van der Waals surface area contributed by atoms with Gasteiger partial charge in [0.25, 0.3) is 0 Å². The molecule has 0 fully saturated rings. The zero-order chi connectivity index (χ0) is 19.6. The summed E-state index contributed by atoms with van der Waals surface area (Å²) in [6.45, 7) is 0.781. The summed E-state index contributed by atoms with van der Waals surface area (Å²) in [5, 5.41) is 7.40. The molecule has 2 aromatic heterocycles. The van der Waals surface area contributed by atoms with Crippen molar-refractivity contribution in [2.45, 2.75) is 5.92 Å². The largest absolute Gasteiger partial charge is 0.369 e. The molecule has 0 saturated carbocycles. The molecule has 1 unspecified atom stereocenters. The smallest absolute Gasteiger partial charge is 0.130 e. The molecule has 0 radical (unpaired) electrons. The van der Waals surface area contributed by atoms with Gasteiger partial charge >= 0.3 is 0 Å². The lowest BCUT2D eigenvalue weighted by Gasteiger charge is -2.13. The summed E-state index contributed by atoms with van der Waals surface area (Å²) in [6.07, 6.45) is 1.92. The van der Waals surface area contributed by atoms with Crippen molar-refractivity contribution in [2.24, 2.45) is 0 Å². The lowest BCUT2D eigenvalue weighted by Crippen LogP contribution is -2.07. The number of rotatable bonds is 4. The number of aromatic nitrogens is 2. The number of nitrogens with zero attached hydrogens (tertiary/aromatic N) is 2. The van der Waals surface area contributed by atoms with Crippen LogP contribution in [0.4, 0.5) is 17.3 Å². The van der Waals surface area contributed by atoms with Crippen molar-refractivity contribution in [3.8, 4) is 11.1 Å². The molecular formula is C24H19ClN4. The van der Waals surface area contributed by atoms with E-state index in [9.17, 15) is 0 Å². The highest BCUT2D eigenvalue weighted by atomic mass is 35.5.